The van der Waals surface area contributed by atoms with Crippen LogP contribution >= 0.6 is 0 Å². The van der Waals surface area contributed by atoms with Crippen LogP contribution in [-0.2, 0) is 4.79 Å². The molecule has 0 spiro atoms. The lowest BCUT2D eigenvalue weighted by Gasteiger charge is -2.28. The van der Waals surface area contributed by atoms with Crippen LogP contribution in [0.2, 0.25) is 0 Å². The van der Waals surface area contributed by atoms with Gasteiger partial charge in [0, 0.05) is 12.6 Å². The molecule has 0 aromatic carbocycles. The molecule has 6 heteroatoms. The zero-order valence-corrected chi connectivity index (χ0v) is 10.1. The van der Waals surface area contributed by atoms with Crippen molar-refractivity contribution in [3.8, 4) is 0 Å². The fraction of sp³-hybridized carbons (Fsp3) is 0.818. The van der Waals surface area contributed by atoms with Gasteiger partial charge in [-0.1, -0.05) is 12.8 Å². The molecule has 0 aromatic rings. The Kier molecular flexibility index (Phi) is 5.21. The number of nitrogens with zero attached hydrogens (tertiary/aromatic N) is 1. The molecule has 1 unspecified atom stereocenters. The quantitative estimate of drug-likeness (QED) is 0.653. The number of hydrogen-bond donors (Lipinski definition) is 3. The summed E-state index contributed by atoms with van der Waals surface area (Å²) in [5.41, 5.74) is 0. The predicted octanol–water partition coefficient (Wildman–Crippen LogP) is 0.406. The lowest BCUT2D eigenvalue weighted by atomic mass is 10.2. The van der Waals surface area contributed by atoms with Crippen molar-refractivity contribution < 1.29 is 19.8 Å². The van der Waals surface area contributed by atoms with E-state index in [1.165, 1.54) is 0 Å². The van der Waals surface area contributed by atoms with Gasteiger partial charge >= 0.3 is 12.0 Å². The lowest BCUT2D eigenvalue weighted by molar-refractivity contribution is -0.140. The van der Waals surface area contributed by atoms with Crippen molar-refractivity contribution >= 4 is 12.0 Å². The van der Waals surface area contributed by atoms with Crippen LogP contribution in [0.25, 0.3) is 0 Å². The highest BCUT2D eigenvalue weighted by atomic mass is 16.4. The molecular weight excluding hydrogens is 224 g/mol. The third-order valence-corrected chi connectivity index (χ3v) is 3.15. The van der Waals surface area contributed by atoms with Crippen molar-refractivity contribution in [1.82, 2.24) is 10.2 Å². The Morgan fingerprint density at radius 1 is 1.41 bits per heavy atom. The Morgan fingerprint density at radius 2 is 2.00 bits per heavy atom. The monoisotopic (exact) mass is 244 g/mol. The molecule has 1 atom stereocenters. The number of nitrogens with one attached hydrogen (secondary N) is 1. The highest BCUT2D eigenvalue weighted by molar-refractivity contribution is 5.82. The minimum atomic E-state index is -1.22. The first-order chi connectivity index (χ1) is 8.10. The Morgan fingerprint density at radius 3 is 2.41 bits per heavy atom. The number of aliphatic hydroxyl groups excluding tert-OH is 1. The predicted molar refractivity (Wildman–Crippen MR) is 61.7 cm³/mol. The molecule has 1 aliphatic rings. The van der Waals surface area contributed by atoms with Crippen LogP contribution in [0.5, 0.6) is 0 Å². The molecule has 0 aliphatic heterocycles. The third-order valence-electron chi connectivity index (χ3n) is 3.15. The number of carbonyl (C=O) groups excluding carboxylic acids is 1. The molecule has 0 saturated heterocycles. The van der Waals surface area contributed by atoms with Gasteiger partial charge in [-0.15, -0.1) is 0 Å². The number of aliphatic carboxylic acids is 1. The van der Waals surface area contributed by atoms with Crippen molar-refractivity contribution in [3.05, 3.63) is 0 Å². The van der Waals surface area contributed by atoms with Crippen LogP contribution in [0.15, 0.2) is 0 Å². The van der Waals surface area contributed by atoms with E-state index in [2.05, 4.69) is 5.32 Å². The third kappa shape index (κ3) is 3.59. The van der Waals surface area contributed by atoms with Gasteiger partial charge in [0.1, 0.15) is 0 Å². The van der Waals surface area contributed by atoms with E-state index < -0.39 is 24.6 Å². The van der Waals surface area contributed by atoms with E-state index in [4.69, 9.17) is 10.2 Å². The number of carboxylic acids is 1. The number of urea groups is 1. The Balaban J connectivity index is 2.56. The maximum atomic E-state index is 11.9. The topological polar surface area (TPSA) is 89.9 Å². The van der Waals surface area contributed by atoms with Crippen molar-refractivity contribution in [1.29, 1.82) is 0 Å². The van der Waals surface area contributed by atoms with Crippen molar-refractivity contribution in [2.24, 2.45) is 0 Å². The van der Waals surface area contributed by atoms with Gasteiger partial charge in [-0.3, -0.25) is 0 Å². The summed E-state index contributed by atoms with van der Waals surface area (Å²) in [4.78, 5) is 24.2. The number of carboxylic acid groups (broad SMARTS) is 1. The van der Waals surface area contributed by atoms with E-state index in [-0.39, 0.29) is 6.04 Å². The summed E-state index contributed by atoms with van der Waals surface area (Å²) in [5.74, 6) is -1.22. The van der Waals surface area contributed by atoms with Gasteiger partial charge in [-0.2, -0.15) is 0 Å². The Hall–Kier alpha value is -1.30. The number of aliphatic hydroxyl groups is 1. The SMILES string of the molecule is CCN(C(=O)NC(CO)C(=O)O)C1CCCC1. The summed E-state index contributed by atoms with van der Waals surface area (Å²) in [6, 6.07) is -1.42. The molecule has 0 radical (unpaired) electrons. The normalized spacial score (nSPS) is 17.8. The van der Waals surface area contributed by atoms with E-state index in [0.29, 0.717) is 6.54 Å². The van der Waals surface area contributed by atoms with E-state index in [1.807, 2.05) is 6.92 Å². The first-order valence-corrected chi connectivity index (χ1v) is 6.01. The van der Waals surface area contributed by atoms with Crippen molar-refractivity contribution in [2.75, 3.05) is 13.2 Å². The van der Waals surface area contributed by atoms with E-state index in [9.17, 15) is 9.59 Å². The molecule has 2 amide bonds. The van der Waals surface area contributed by atoms with Crippen LogP contribution in [0.4, 0.5) is 4.79 Å². The molecule has 6 nitrogen and oxygen atoms in total. The van der Waals surface area contributed by atoms with Gasteiger partial charge in [0.2, 0.25) is 0 Å². The van der Waals surface area contributed by atoms with Gasteiger partial charge in [-0.25, -0.2) is 9.59 Å². The molecule has 1 saturated carbocycles. The molecule has 0 bridgehead atoms. The molecule has 0 heterocycles. The summed E-state index contributed by atoms with van der Waals surface area (Å²) in [6.07, 6.45) is 4.16. The summed E-state index contributed by atoms with van der Waals surface area (Å²) >= 11 is 0. The fourth-order valence-corrected chi connectivity index (χ4v) is 2.20. The number of carbonyl (C=O) groups is 2. The molecule has 1 aliphatic carbocycles. The minimum Gasteiger partial charge on any atom is -0.480 e. The molecular formula is C11H20N2O4. The average molecular weight is 244 g/mol. The smallest absolute Gasteiger partial charge is 0.328 e. The number of amides is 2. The second kappa shape index (κ2) is 6.44. The maximum Gasteiger partial charge on any atom is 0.328 e. The standard InChI is InChI=1S/C11H20N2O4/c1-2-13(8-5-3-4-6-8)11(17)12-9(7-14)10(15)16/h8-9,14H,2-7H2,1H3,(H,12,17)(H,15,16). The summed E-state index contributed by atoms with van der Waals surface area (Å²) in [6.45, 7) is 1.82. The summed E-state index contributed by atoms with van der Waals surface area (Å²) in [7, 11) is 0. The second-order valence-electron chi connectivity index (χ2n) is 4.25. The molecule has 1 rings (SSSR count). The first kappa shape index (κ1) is 13.8. The molecule has 1 fully saturated rings. The van der Waals surface area contributed by atoms with E-state index in [0.717, 1.165) is 25.7 Å². The highest BCUT2D eigenvalue weighted by Gasteiger charge is 2.28. The van der Waals surface area contributed by atoms with E-state index in [1.54, 1.807) is 4.90 Å². The van der Waals surface area contributed by atoms with Gasteiger partial charge in [-0.05, 0) is 19.8 Å². The molecule has 98 valence electrons. The van der Waals surface area contributed by atoms with Crippen LogP contribution in [0.1, 0.15) is 32.6 Å². The van der Waals surface area contributed by atoms with E-state index >= 15 is 0 Å². The Labute approximate surface area is 101 Å². The zero-order valence-electron chi connectivity index (χ0n) is 10.1. The zero-order chi connectivity index (χ0) is 12.8. The Bertz CT molecular complexity index is 277. The van der Waals surface area contributed by atoms with Gasteiger partial charge in [0.25, 0.3) is 0 Å². The molecule has 17 heavy (non-hydrogen) atoms. The van der Waals surface area contributed by atoms with Gasteiger partial charge < -0.3 is 20.4 Å². The van der Waals surface area contributed by atoms with Crippen LogP contribution in [-0.4, -0.2) is 52.3 Å². The molecule has 3 N–H and O–H groups in total. The highest BCUT2D eigenvalue weighted by Crippen LogP contribution is 2.23. The van der Waals surface area contributed by atoms with Gasteiger partial charge in [0.05, 0.1) is 6.61 Å². The number of hydrogen-bond acceptors (Lipinski definition) is 3. The van der Waals surface area contributed by atoms with Crippen molar-refractivity contribution in [3.63, 3.8) is 0 Å². The first-order valence-electron chi connectivity index (χ1n) is 6.01. The number of rotatable bonds is 5. The summed E-state index contributed by atoms with van der Waals surface area (Å²) < 4.78 is 0. The van der Waals surface area contributed by atoms with Crippen LogP contribution < -0.4 is 5.32 Å². The maximum absolute atomic E-state index is 11.9. The largest absolute Gasteiger partial charge is 0.480 e. The van der Waals surface area contributed by atoms with Gasteiger partial charge in [0.15, 0.2) is 6.04 Å². The molecule has 0 aromatic heterocycles. The lowest BCUT2D eigenvalue weighted by Crippen LogP contribution is -2.52. The van der Waals surface area contributed by atoms with Crippen LogP contribution in [0.3, 0.4) is 0 Å². The average Bonchev–Trinajstić information content (AvgIpc) is 2.80. The van der Waals surface area contributed by atoms with Crippen molar-refractivity contribution in [2.45, 2.75) is 44.7 Å². The second-order valence-corrected chi connectivity index (χ2v) is 4.25. The minimum absolute atomic E-state index is 0.202. The van der Waals surface area contributed by atoms with Crippen LogP contribution in [0, 0.1) is 0 Å². The summed E-state index contributed by atoms with van der Waals surface area (Å²) in [5, 5.41) is 19.9. The fourth-order valence-electron chi connectivity index (χ4n) is 2.20.